The number of rotatable bonds is 2. The van der Waals surface area contributed by atoms with Gasteiger partial charge in [0.25, 0.3) is 0 Å². The van der Waals surface area contributed by atoms with Gasteiger partial charge in [-0.1, -0.05) is 57.2 Å². The van der Waals surface area contributed by atoms with E-state index >= 15 is 0 Å². The monoisotopic (exact) mass is 280 g/mol. The molecule has 0 nitrogen and oxygen atoms in total. The van der Waals surface area contributed by atoms with E-state index in [4.69, 9.17) is 0 Å². The first kappa shape index (κ1) is 16.3. The summed E-state index contributed by atoms with van der Waals surface area (Å²) in [5.74, 6) is 0. The topological polar surface area (TPSA) is 0 Å². The van der Waals surface area contributed by atoms with Crippen LogP contribution < -0.4 is 0 Å². The molecule has 3 heteroatoms. The number of halogens is 3. The third kappa shape index (κ3) is 4.12. The molecule has 0 aliphatic rings. The van der Waals surface area contributed by atoms with Crippen LogP contribution in [0, 0.1) is 0 Å². The Labute approximate surface area is 118 Å². The summed E-state index contributed by atoms with van der Waals surface area (Å²) in [6.07, 6.45) is -3.37. The molecule has 0 aromatic heterocycles. The van der Waals surface area contributed by atoms with Gasteiger partial charge in [0.2, 0.25) is 0 Å². The Morgan fingerprint density at radius 3 is 1.95 bits per heavy atom. The summed E-state index contributed by atoms with van der Waals surface area (Å²) in [6.45, 7) is 6.04. The van der Waals surface area contributed by atoms with Crippen molar-refractivity contribution in [2.75, 3.05) is 0 Å². The van der Waals surface area contributed by atoms with Crippen molar-refractivity contribution in [3.05, 3.63) is 59.7 Å². The quantitative estimate of drug-likeness (QED) is 0.636. The lowest BCUT2D eigenvalue weighted by molar-refractivity contribution is -0.137. The molecule has 0 radical (unpaired) electrons. The van der Waals surface area contributed by atoms with E-state index in [9.17, 15) is 13.2 Å². The number of alkyl halides is 3. The van der Waals surface area contributed by atoms with Crippen LogP contribution >= 0.6 is 0 Å². The molecule has 0 amide bonds. The lowest BCUT2D eigenvalue weighted by Crippen LogP contribution is -2.04. The second kappa shape index (κ2) is 7.13. The zero-order valence-electron chi connectivity index (χ0n) is 12.0. The lowest BCUT2D eigenvalue weighted by Gasteiger charge is -2.09. The van der Waals surface area contributed by atoms with E-state index in [-0.39, 0.29) is 0 Å². The van der Waals surface area contributed by atoms with Crippen LogP contribution in [-0.4, -0.2) is 0 Å². The van der Waals surface area contributed by atoms with Crippen molar-refractivity contribution in [2.45, 2.75) is 33.4 Å². The molecule has 0 saturated heterocycles. The van der Waals surface area contributed by atoms with Crippen molar-refractivity contribution in [2.24, 2.45) is 0 Å². The Kier molecular flexibility index (Phi) is 5.81. The second-order valence-electron chi connectivity index (χ2n) is 4.13. The van der Waals surface area contributed by atoms with Crippen LogP contribution in [0.4, 0.5) is 13.2 Å². The molecule has 2 rings (SSSR count). The molecule has 0 fully saturated rings. The fraction of sp³-hybridized carbons (Fsp3) is 0.294. The highest BCUT2D eigenvalue weighted by molar-refractivity contribution is 5.64. The highest BCUT2D eigenvalue weighted by Gasteiger charge is 2.30. The highest BCUT2D eigenvalue weighted by Crippen LogP contribution is 2.32. The fourth-order valence-electron chi connectivity index (χ4n) is 1.81. The minimum absolute atomic E-state index is 0.590. The smallest absolute Gasteiger partial charge is 0.166 e. The van der Waals surface area contributed by atoms with Gasteiger partial charge >= 0.3 is 6.18 Å². The Morgan fingerprint density at radius 2 is 1.45 bits per heavy atom. The predicted molar refractivity (Wildman–Crippen MR) is 77.6 cm³/mol. The van der Waals surface area contributed by atoms with E-state index in [1.54, 1.807) is 6.07 Å². The van der Waals surface area contributed by atoms with E-state index in [1.165, 1.54) is 17.7 Å². The van der Waals surface area contributed by atoms with Gasteiger partial charge in [-0.15, -0.1) is 0 Å². The van der Waals surface area contributed by atoms with Crippen molar-refractivity contribution in [1.29, 1.82) is 0 Å². The Hall–Kier alpha value is -1.77. The first-order chi connectivity index (χ1) is 9.50. The summed E-state index contributed by atoms with van der Waals surface area (Å²) in [4.78, 5) is 0. The molecular weight excluding hydrogens is 261 g/mol. The van der Waals surface area contributed by atoms with E-state index in [2.05, 4.69) is 0 Å². The summed E-state index contributed by atoms with van der Waals surface area (Å²) >= 11 is 0. The summed E-state index contributed by atoms with van der Waals surface area (Å²) in [5.41, 5.74) is 1.95. The molecule has 20 heavy (non-hydrogen) atoms. The molecule has 0 bridgehead atoms. The maximum atomic E-state index is 12.6. The zero-order chi connectivity index (χ0) is 15.2. The van der Waals surface area contributed by atoms with Crippen LogP contribution in [0.1, 0.15) is 31.9 Å². The van der Waals surface area contributed by atoms with Crippen molar-refractivity contribution < 1.29 is 13.2 Å². The second-order valence-corrected chi connectivity index (χ2v) is 4.13. The van der Waals surface area contributed by atoms with Crippen LogP contribution in [0.3, 0.4) is 0 Å². The number of aryl methyl sites for hydroxylation is 1. The SMILES string of the molecule is CC.CCc1ccc(-c2cccc(C(F)(F)F)c2)cc1. The number of hydrogen-bond acceptors (Lipinski definition) is 0. The molecule has 2 aromatic carbocycles. The third-order valence-electron chi connectivity index (χ3n) is 2.89. The molecule has 0 saturated carbocycles. The molecular formula is C17H19F3. The summed E-state index contributed by atoms with van der Waals surface area (Å²) in [5, 5.41) is 0. The van der Waals surface area contributed by atoms with Gasteiger partial charge in [-0.3, -0.25) is 0 Å². The molecule has 0 N–H and O–H groups in total. The van der Waals surface area contributed by atoms with Gasteiger partial charge in [0, 0.05) is 0 Å². The first-order valence-corrected chi connectivity index (χ1v) is 6.77. The Bertz CT molecular complexity index is 525. The van der Waals surface area contributed by atoms with Gasteiger partial charge in [-0.25, -0.2) is 0 Å². The van der Waals surface area contributed by atoms with Gasteiger partial charge in [-0.05, 0) is 35.2 Å². The van der Waals surface area contributed by atoms with Gasteiger partial charge in [0.15, 0.2) is 0 Å². The van der Waals surface area contributed by atoms with Gasteiger partial charge in [0.05, 0.1) is 5.56 Å². The summed E-state index contributed by atoms with van der Waals surface area (Å²) < 4.78 is 37.8. The molecule has 0 aliphatic carbocycles. The van der Waals surface area contributed by atoms with Crippen molar-refractivity contribution in [3.63, 3.8) is 0 Å². The van der Waals surface area contributed by atoms with E-state index < -0.39 is 11.7 Å². The Morgan fingerprint density at radius 1 is 0.850 bits per heavy atom. The first-order valence-electron chi connectivity index (χ1n) is 6.77. The van der Waals surface area contributed by atoms with Crippen LogP contribution in [-0.2, 0) is 12.6 Å². The molecule has 108 valence electrons. The number of benzene rings is 2. The maximum Gasteiger partial charge on any atom is 0.416 e. The standard InChI is InChI=1S/C15H13F3.C2H6/c1-2-11-6-8-12(9-7-11)13-4-3-5-14(10-13)15(16,17)18;1-2/h3-10H,2H2,1H3;1-2H3. The summed E-state index contributed by atoms with van der Waals surface area (Å²) in [7, 11) is 0. The van der Waals surface area contributed by atoms with Crippen molar-refractivity contribution in [3.8, 4) is 11.1 Å². The van der Waals surface area contributed by atoms with Crippen LogP contribution in [0.2, 0.25) is 0 Å². The summed E-state index contributed by atoms with van der Waals surface area (Å²) in [6, 6.07) is 13.0. The van der Waals surface area contributed by atoms with Crippen LogP contribution in [0.5, 0.6) is 0 Å². The third-order valence-corrected chi connectivity index (χ3v) is 2.89. The molecule has 0 unspecified atom stereocenters. The normalized spacial score (nSPS) is 10.7. The van der Waals surface area contributed by atoms with Gasteiger partial charge in [-0.2, -0.15) is 13.2 Å². The van der Waals surface area contributed by atoms with E-state index in [0.29, 0.717) is 5.56 Å². The average molecular weight is 280 g/mol. The van der Waals surface area contributed by atoms with Crippen LogP contribution in [0.25, 0.3) is 11.1 Å². The van der Waals surface area contributed by atoms with Crippen molar-refractivity contribution in [1.82, 2.24) is 0 Å². The maximum absolute atomic E-state index is 12.6. The fourth-order valence-corrected chi connectivity index (χ4v) is 1.81. The van der Waals surface area contributed by atoms with Crippen LogP contribution in [0.15, 0.2) is 48.5 Å². The average Bonchev–Trinajstić information content (AvgIpc) is 2.49. The zero-order valence-corrected chi connectivity index (χ0v) is 12.0. The molecule has 0 atom stereocenters. The minimum Gasteiger partial charge on any atom is -0.166 e. The van der Waals surface area contributed by atoms with E-state index in [0.717, 1.165) is 18.1 Å². The molecule has 0 spiro atoms. The lowest BCUT2D eigenvalue weighted by atomic mass is 10.0. The van der Waals surface area contributed by atoms with E-state index in [1.807, 2.05) is 45.0 Å². The molecule has 0 heterocycles. The highest BCUT2D eigenvalue weighted by atomic mass is 19.4. The van der Waals surface area contributed by atoms with Gasteiger partial charge in [0.1, 0.15) is 0 Å². The van der Waals surface area contributed by atoms with Crippen molar-refractivity contribution >= 4 is 0 Å². The van der Waals surface area contributed by atoms with Gasteiger partial charge < -0.3 is 0 Å². The number of hydrogen-bond donors (Lipinski definition) is 0. The predicted octanol–water partition coefficient (Wildman–Crippen LogP) is 5.96. The minimum atomic E-state index is -4.29. The largest absolute Gasteiger partial charge is 0.416 e. The molecule has 0 aliphatic heterocycles. The Balaban J connectivity index is 0.000000956. The molecule has 2 aromatic rings.